The molecule has 0 aliphatic rings. The lowest BCUT2D eigenvalue weighted by Gasteiger charge is -2.07. The first kappa shape index (κ1) is 13.5. The Morgan fingerprint density at radius 1 is 1.25 bits per heavy atom. The minimum absolute atomic E-state index is 0.572. The van der Waals surface area contributed by atoms with Crippen molar-refractivity contribution in [3.63, 3.8) is 0 Å². The average Bonchev–Trinajstić information content (AvgIpc) is 2.15. The molecule has 0 aliphatic heterocycles. The lowest BCUT2D eigenvalue weighted by Crippen LogP contribution is -2.23. The van der Waals surface area contributed by atoms with Crippen molar-refractivity contribution in [2.75, 3.05) is 12.3 Å². The third kappa shape index (κ3) is 5.47. The molecule has 0 fully saturated rings. The van der Waals surface area contributed by atoms with E-state index in [0.29, 0.717) is 6.04 Å². The predicted octanol–water partition coefficient (Wildman–Crippen LogP) is 2.57. The van der Waals surface area contributed by atoms with E-state index in [1.54, 1.807) is 11.8 Å². The van der Waals surface area contributed by atoms with Gasteiger partial charge >= 0.3 is 0 Å². The third-order valence-corrected chi connectivity index (χ3v) is 3.00. The molecule has 0 aliphatic carbocycles. The molecule has 0 radical (unpaired) electrons. The minimum Gasteiger partial charge on any atom is -0.315 e. The summed E-state index contributed by atoms with van der Waals surface area (Å²) in [5.41, 5.74) is 2.10. The maximum atomic E-state index is 4.40. The van der Waals surface area contributed by atoms with Gasteiger partial charge in [0.05, 0.1) is 0 Å². The Morgan fingerprint density at radius 2 is 1.88 bits per heavy atom. The second kappa shape index (κ2) is 6.86. The molecule has 3 nitrogen and oxygen atoms in total. The van der Waals surface area contributed by atoms with Crippen molar-refractivity contribution in [2.45, 2.75) is 45.3 Å². The zero-order valence-electron chi connectivity index (χ0n) is 10.6. The van der Waals surface area contributed by atoms with E-state index in [1.165, 1.54) is 0 Å². The molecular formula is C12H21N3S. The van der Waals surface area contributed by atoms with Crippen LogP contribution in [0.15, 0.2) is 11.2 Å². The van der Waals surface area contributed by atoms with Gasteiger partial charge in [-0.1, -0.05) is 25.6 Å². The van der Waals surface area contributed by atoms with Crippen LogP contribution >= 0.6 is 11.8 Å². The van der Waals surface area contributed by atoms with Crippen molar-refractivity contribution in [3.8, 4) is 0 Å². The molecule has 0 atom stereocenters. The Bertz CT molecular complexity index is 306. The third-order valence-electron chi connectivity index (χ3n) is 2.07. The molecule has 0 bridgehead atoms. The van der Waals surface area contributed by atoms with Crippen LogP contribution in [0.1, 0.15) is 31.7 Å². The van der Waals surface area contributed by atoms with Crippen molar-refractivity contribution in [1.82, 2.24) is 15.3 Å². The summed E-state index contributed by atoms with van der Waals surface area (Å²) in [6.07, 6.45) is 1.15. The van der Waals surface area contributed by atoms with Gasteiger partial charge in [0.2, 0.25) is 0 Å². The summed E-state index contributed by atoms with van der Waals surface area (Å²) in [6, 6.07) is 2.58. The smallest absolute Gasteiger partial charge is 0.187 e. The maximum absolute atomic E-state index is 4.40. The fourth-order valence-electron chi connectivity index (χ4n) is 1.38. The highest BCUT2D eigenvalue weighted by Gasteiger charge is 2.00. The van der Waals surface area contributed by atoms with Crippen molar-refractivity contribution < 1.29 is 0 Å². The van der Waals surface area contributed by atoms with Gasteiger partial charge in [-0.3, -0.25) is 0 Å². The number of nitrogens with one attached hydrogen (secondary N) is 1. The number of aryl methyl sites for hydroxylation is 2. The molecule has 90 valence electrons. The highest BCUT2D eigenvalue weighted by atomic mass is 32.2. The van der Waals surface area contributed by atoms with Crippen LogP contribution in [0.2, 0.25) is 0 Å². The van der Waals surface area contributed by atoms with E-state index in [4.69, 9.17) is 0 Å². The van der Waals surface area contributed by atoms with Gasteiger partial charge in [-0.2, -0.15) is 0 Å². The van der Waals surface area contributed by atoms with E-state index >= 15 is 0 Å². The summed E-state index contributed by atoms with van der Waals surface area (Å²) >= 11 is 1.74. The molecule has 1 heterocycles. The van der Waals surface area contributed by atoms with Crippen LogP contribution in [0.5, 0.6) is 0 Å². The van der Waals surface area contributed by atoms with E-state index in [-0.39, 0.29) is 0 Å². The van der Waals surface area contributed by atoms with Crippen LogP contribution in [0.4, 0.5) is 0 Å². The number of hydrogen-bond acceptors (Lipinski definition) is 4. The van der Waals surface area contributed by atoms with Crippen molar-refractivity contribution in [1.29, 1.82) is 0 Å². The summed E-state index contributed by atoms with van der Waals surface area (Å²) in [5, 5.41) is 4.31. The number of thioether (sulfide) groups is 1. The van der Waals surface area contributed by atoms with Crippen LogP contribution in [0.25, 0.3) is 0 Å². The second-order valence-electron chi connectivity index (χ2n) is 4.24. The van der Waals surface area contributed by atoms with Crippen LogP contribution in [-0.2, 0) is 0 Å². The monoisotopic (exact) mass is 239 g/mol. The van der Waals surface area contributed by atoms with Gasteiger partial charge in [0.1, 0.15) is 0 Å². The summed E-state index contributed by atoms with van der Waals surface area (Å²) in [7, 11) is 0. The number of aromatic nitrogens is 2. The van der Waals surface area contributed by atoms with Crippen LogP contribution in [-0.4, -0.2) is 28.3 Å². The lowest BCUT2D eigenvalue weighted by molar-refractivity contribution is 0.585. The number of nitrogens with zero attached hydrogens (tertiary/aromatic N) is 2. The topological polar surface area (TPSA) is 37.8 Å². The Morgan fingerprint density at radius 3 is 2.44 bits per heavy atom. The fourth-order valence-corrected chi connectivity index (χ4v) is 2.27. The quantitative estimate of drug-likeness (QED) is 0.470. The zero-order chi connectivity index (χ0) is 12.0. The Balaban J connectivity index is 2.26. The predicted molar refractivity (Wildman–Crippen MR) is 70.0 cm³/mol. The molecule has 0 saturated carbocycles. The average molecular weight is 239 g/mol. The van der Waals surface area contributed by atoms with E-state index in [0.717, 1.165) is 35.3 Å². The highest BCUT2D eigenvalue weighted by molar-refractivity contribution is 7.99. The Kier molecular flexibility index (Phi) is 5.77. The molecule has 1 aromatic heterocycles. The molecule has 1 rings (SSSR count). The maximum Gasteiger partial charge on any atom is 0.187 e. The van der Waals surface area contributed by atoms with Gasteiger partial charge < -0.3 is 5.32 Å². The first-order chi connectivity index (χ1) is 7.58. The highest BCUT2D eigenvalue weighted by Crippen LogP contribution is 2.14. The molecule has 16 heavy (non-hydrogen) atoms. The van der Waals surface area contributed by atoms with Crippen LogP contribution in [0, 0.1) is 13.8 Å². The second-order valence-corrected chi connectivity index (χ2v) is 5.31. The fraction of sp³-hybridized carbons (Fsp3) is 0.667. The summed E-state index contributed by atoms with van der Waals surface area (Å²) in [6.45, 7) is 9.42. The van der Waals surface area contributed by atoms with Gasteiger partial charge in [-0.15, -0.1) is 0 Å². The largest absolute Gasteiger partial charge is 0.315 e. The Labute approximate surface area is 102 Å². The zero-order valence-corrected chi connectivity index (χ0v) is 11.4. The number of rotatable bonds is 6. The van der Waals surface area contributed by atoms with Crippen molar-refractivity contribution >= 4 is 11.8 Å². The summed E-state index contributed by atoms with van der Waals surface area (Å²) in [5.74, 6) is 1.07. The molecule has 0 aromatic carbocycles. The van der Waals surface area contributed by atoms with Gasteiger partial charge in [0, 0.05) is 23.2 Å². The number of hydrogen-bond donors (Lipinski definition) is 1. The van der Waals surface area contributed by atoms with Crippen LogP contribution in [0.3, 0.4) is 0 Å². The first-order valence-corrected chi connectivity index (χ1v) is 6.75. The molecule has 1 N–H and O–H groups in total. The van der Waals surface area contributed by atoms with E-state index < -0.39 is 0 Å². The SMILES string of the molecule is Cc1cc(C)nc(SCCCNC(C)C)n1. The first-order valence-electron chi connectivity index (χ1n) is 5.76. The molecule has 0 saturated heterocycles. The van der Waals surface area contributed by atoms with Gasteiger partial charge in [-0.25, -0.2) is 9.97 Å². The normalized spacial score (nSPS) is 11.1. The van der Waals surface area contributed by atoms with E-state index in [2.05, 4.69) is 29.1 Å². The molecule has 1 aromatic rings. The van der Waals surface area contributed by atoms with Crippen molar-refractivity contribution in [3.05, 3.63) is 17.5 Å². The van der Waals surface area contributed by atoms with E-state index in [1.807, 2.05) is 19.9 Å². The molecule has 0 unspecified atom stereocenters. The standard InChI is InChI=1S/C12H21N3S/c1-9(2)13-6-5-7-16-12-14-10(3)8-11(4)15-12/h8-9,13H,5-7H2,1-4H3. The molecule has 4 heteroatoms. The van der Waals surface area contributed by atoms with E-state index in [9.17, 15) is 0 Å². The van der Waals surface area contributed by atoms with Crippen LogP contribution < -0.4 is 5.32 Å². The van der Waals surface area contributed by atoms with Gasteiger partial charge in [0.15, 0.2) is 5.16 Å². The summed E-state index contributed by atoms with van der Waals surface area (Å²) in [4.78, 5) is 8.80. The molecule has 0 amide bonds. The minimum atomic E-state index is 0.572. The Hall–Kier alpha value is -0.610. The van der Waals surface area contributed by atoms with Gasteiger partial charge in [0.25, 0.3) is 0 Å². The van der Waals surface area contributed by atoms with Gasteiger partial charge in [-0.05, 0) is 32.9 Å². The summed E-state index contributed by atoms with van der Waals surface area (Å²) < 4.78 is 0. The molecule has 0 spiro atoms. The van der Waals surface area contributed by atoms with Crippen molar-refractivity contribution in [2.24, 2.45) is 0 Å². The lowest BCUT2D eigenvalue weighted by atomic mass is 10.4. The molecular weight excluding hydrogens is 218 g/mol.